The van der Waals surface area contributed by atoms with Gasteiger partial charge in [0.25, 0.3) is 5.91 Å². The first-order valence-electron chi connectivity index (χ1n) is 11.5. The summed E-state index contributed by atoms with van der Waals surface area (Å²) in [6.45, 7) is 8.03. The molecule has 2 atom stereocenters. The lowest BCUT2D eigenvalue weighted by Crippen LogP contribution is -2.34. The van der Waals surface area contributed by atoms with Crippen LogP contribution in [0.3, 0.4) is 0 Å². The van der Waals surface area contributed by atoms with Gasteiger partial charge in [-0.1, -0.05) is 31.2 Å². The molecule has 2 aromatic rings. The van der Waals surface area contributed by atoms with Crippen molar-refractivity contribution in [3.05, 3.63) is 65.2 Å². The average Bonchev–Trinajstić information content (AvgIpc) is 3.18. The van der Waals surface area contributed by atoms with Gasteiger partial charge in [0, 0.05) is 43.9 Å². The first kappa shape index (κ1) is 21.4. The van der Waals surface area contributed by atoms with E-state index in [0.29, 0.717) is 18.5 Å². The fraction of sp³-hybridized carbons (Fsp3) is 0.462. The largest absolute Gasteiger partial charge is 0.371 e. The molecule has 0 aliphatic carbocycles. The summed E-state index contributed by atoms with van der Waals surface area (Å²) in [5, 5.41) is 3.10. The Kier molecular flexibility index (Phi) is 6.59. The number of likely N-dealkylation sites (tertiary alicyclic amines) is 1. The van der Waals surface area contributed by atoms with Crippen LogP contribution in [0.4, 0.5) is 5.69 Å². The van der Waals surface area contributed by atoms with Crippen molar-refractivity contribution >= 4 is 17.5 Å². The number of amides is 2. The Morgan fingerprint density at radius 1 is 1.06 bits per heavy atom. The lowest BCUT2D eigenvalue weighted by atomic mass is 9.99. The van der Waals surface area contributed by atoms with E-state index in [1.54, 1.807) is 0 Å². The number of carbonyl (C=O) groups is 2. The number of benzene rings is 2. The van der Waals surface area contributed by atoms with Crippen molar-refractivity contribution in [1.82, 2.24) is 10.2 Å². The van der Waals surface area contributed by atoms with Gasteiger partial charge in [0.15, 0.2) is 0 Å². The maximum Gasteiger partial charge on any atom is 0.251 e. The molecule has 0 aromatic heterocycles. The first-order valence-corrected chi connectivity index (χ1v) is 11.5. The Morgan fingerprint density at radius 2 is 1.81 bits per heavy atom. The second-order valence-electron chi connectivity index (χ2n) is 9.10. The fourth-order valence-electron chi connectivity index (χ4n) is 4.61. The van der Waals surface area contributed by atoms with E-state index in [1.165, 1.54) is 18.5 Å². The van der Waals surface area contributed by atoms with Gasteiger partial charge in [-0.3, -0.25) is 9.59 Å². The van der Waals surface area contributed by atoms with Gasteiger partial charge >= 0.3 is 0 Å². The molecule has 5 nitrogen and oxygen atoms in total. The van der Waals surface area contributed by atoms with Crippen molar-refractivity contribution in [3.8, 4) is 0 Å². The van der Waals surface area contributed by atoms with Crippen LogP contribution in [0.15, 0.2) is 48.5 Å². The number of hydrogen-bond donors (Lipinski definition) is 1. The molecular weight excluding hydrogens is 386 g/mol. The van der Waals surface area contributed by atoms with Crippen molar-refractivity contribution in [3.63, 3.8) is 0 Å². The zero-order valence-corrected chi connectivity index (χ0v) is 18.6. The smallest absolute Gasteiger partial charge is 0.251 e. The Labute approximate surface area is 185 Å². The number of carbonyl (C=O) groups excluding carboxylic acids is 2. The van der Waals surface area contributed by atoms with Crippen LogP contribution in [0, 0.1) is 5.92 Å². The van der Waals surface area contributed by atoms with Crippen LogP contribution in [0.25, 0.3) is 0 Å². The molecule has 4 rings (SSSR count). The Bertz CT molecular complexity index is 907. The topological polar surface area (TPSA) is 52.7 Å². The molecule has 0 saturated carbocycles. The van der Waals surface area contributed by atoms with E-state index in [2.05, 4.69) is 41.4 Å². The SMILES string of the molecule is CC1CCCN(c2ccc(C(C)NC(=O)c3ccc(CN4CCCC4=O)cc3)cc2)C1. The van der Waals surface area contributed by atoms with E-state index in [4.69, 9.17) is 0 Å². The second kappa shape index (κ2) is 9.54. The number of nitrogens with one attached hydrogen (secondary N) is 1. The van der Waals surface area contributed by atoms with Crippen molar-refractivity contribution < 1.29 is 9.59 Å². The lowest BCUT2D eigenvalue weighted by Gasteiger charge is -2.33. The highest BCUT2D eigenvalue weighted by Gasteiger charge is 2.20. The summed E-state index contributed by atoms with van der Waals surface area (Å²) >= 11 is 0. The predicted molar refractivity (Wildman–Crippen MR) is 124 cm³/mol. The van der Waals surface area contributed by atoms with E-state index < -0.39 is 0 Å². The summed E-state index contributed by atoms with van der Waals surface area (Å²) in [6, 6.07) is 16.1. The first-order chi connectivity index (χ1) is 15.0. The summed E-state index contributed by atoms with van der Waals surface area (Å²) < 4.78 is 0. The quantitative estimate of drug-likeness (QED) is 0.748. The lowest BCUT2D eigenvalue weighted by molar-refractivity contribution is -0.128. The van der Waals surface area contributed by atoms with Gasteiger partial charge in [-0.25, -0.2) is 0 Å². The molecule has 2 amide bonds. The molecule has 1 N–H and O–H groups in total. The second-order valence-corrected chi connectivity index (χ2v) is 9.10. The van der Waals surface area contributed by atoms with Crippen molar-refractivity contribution in [2.75, 3.05) is 24.5 Å². The molecule has 0 spiro atoms. The van der Waals surface area contributed by atoms with Crippen LogP contribution in [0.5, 0.6) is 0 Å². The average molecular weight is 420 g/mol. The number of nitrogens with zero attached hydrogens (tertiary/aromatic N) is 2. The molecular formula is C26H33N3O2. The number of anilines is 1. The standard InChI is InChI=1S/C26H33N3O2/c1-19-5-3-15-28(17-19)24-13-11-22(12-14-24)20(2)27-26(31)23-9-7-21(8-10-23)18-29-16-4-6-25(29)30/h7-14,19-20H,3-6,15-18H2,1-2H3,(H,27,31). The van der Waals surface area contributed by atoms with Gasteiger partial charge in [-0.2, -0.15) is 0 Å². The van der Waals surface area contributed by atoms with Crippen LogP contribution in [0.2, 0.25) is 0 Å². The van der Waals surface area contributed by atoms with E-state index in [9.17, 15) is 9.59 Å². The number of hydrogen-bond acceptors (Lipinski definition) is 3. The predicted octanol–water partition coefficient (Wildman–Crippen LogP) is 4.54. The third-order valence-electron chi connectivity index (χ3n) is 6.52. The van der Waals surface area contributed by atoms with E-state index in [1.807, 2.05) is 36.1 Å². The van der Waals surface area contributed by atoms with Crippen LogP contribution in [0.1, 0.15) is 67.1 Å². The molecule has 31 heavy (non-hydrogen) atoms. The molecule has 2 fully saturated rings. The molecule has 164 valence electrons. The molecule has 0 bridgehead atoms. The van der Waals surface area contributed by atoms with Gasteiger partial charge in [0.2, 0.25) is 5.91 Å². The minimum atomic E-state index is -0.0785. The third kappa shape index (κ3) is 5.27. The highest BCUT2D eigenvalue weighted by Crippen LogP contribution is 2.25. The Morgan fingerprint density at radius 3 is 2.45 bits per heavy atom. The summed E-state index contributed by atoms with van der Waals surface area (Å²) in [5.74, 6) is 0.885. The van der Waals surface area contributed by atoms with Gasteiger partial charge in [-0.05, 0) is 67.5 Å². The molecule has 2 aliphatic heterocycles. The fourth-order valence-corrected chi connectivity index (χ4v) is 4.61. The molecule has 2 aliphatic rings. The summed E-state index contributed by atoms with van der Waals surface area (Å²) in [6.07, 6.45) is 4.16. The Balaban J connectivity index is 1.33. The van der Waals surface area contributed by atoms with E-state index in [0.717, 1.165) is 43.1 Å². The van der Waals surface area contributed by atoms with Crippen LogP contribution in [-0.4, -0.2) is 36.3 Å². The minimum Gasteiger partial charge on any atom is -0.371 e. The Hall–Kier alpha value is -2.82. The van der Waals surface area contributed by atoms with Gasteiger partial charge < -0.3 is 15.1 Å². The normalized spacial score (nSPS) is 20.1. The van der Waals surface area contributed by atoms with Crippen LogP contribution in [-0.2, 0) is 11.3 Å². The zero-order chi connectivity index (χ0) is 21.8. The maximum atomic E-state index is 12.7. The third-order valence-corrected chi connectivity index (χ3v) is 6.52. The minimum absolute atomic E-state index is 0.0660. The maximum absolute atomic E-state index is 12.7. The monoisotopic (exact) mass is 419 g/mol. The molecule has 2 unspecified atom stereocenters. The highest BCUT2D eigenvalue weighted by molar-refractivity contribution is 5.94. The highest BCUT2D eigenvalue weighted by atomic mass is 16.2. The number of rotatable bonds is 6. The van der Waals surface area contributed by atoms with E-state index >= 15 is 0 Å². The molecule has 2 aromatic carbocycles. The van der Waals surface area contributed by atoms with Gasteiger partial charge in [-0.15, -0.1) is 0 Å². The van der Waals surface area contributed by atoms with Gasteiger partial charge in [0.1, 0.15) is 0 Å². The molecule has 2 saturated heterocycles. The number of piperidine rings is 1. The zero-order valence-electron chi connectivity index (χ0n) is 18.6. The molecule has 2 heterocycles. The van der Waals surface area contributed by atoms with Crippen LogP contribution >= 0.6 is 0 Å². The summed E-state index contributed by atoms with van der Waals surface area (Å²) in [5.41, 5.74) is 4.07. The van der Waals surface area contributed by atoms with Crippen molar-refractivity contribution in [2.24, 2.45) is 5.92 Å². The van der Waals surface area contributed by atoms with Crippen LogP contribution < -0.4 is 10.2 Å². The summed E-state index contributed by atoms with van der Waals surface area (Å²) in [4.78, 5) is 28.8. The van der Waals surface area contributed by atoms with Crippen molar-refractivity contribution in [1.29, 1.82) is 0 Å². The molecule has 0 radical (unpaired) electrons. The molecule has 5 heteroatoms. The van der Waals surface area contributed by atoms with Crippen molar-refractivity contribution in [2.45, 2.75) is 52.1 Å². The summed E-state index contributed by atoms with van der Waals surface area (Å²) in [7, 11) is 0. The van der Waals surface area contributed by atoms with E-state index in [-0.39, 0.29) is 17.9 Å². The van der Waals surface area contributed by atoms with Gasteiger partial charge in [0.05, 0.1) is 6.04 Å².